The minimum Gasteiger partial charge on any atom is -0.481 e. The molecule has 0 radical (unpaired) electrons. The van der Waals surface area contributed by atoms with Crippen LogP contribution in [0.3, 0.4) is 0 Å². The molecule has 1 saturated carbocycles. The first-order valence-electron chi connectivity index (χ1n) is 9.15. The van der Waals surface area contributed by atoms with E-state index in [1.165, 1.54) is 6.08 Å². The molecule has 0 saturated heterocycles. The van der Waals surface area contributed by atoms with Gasteiger partial charge in [0.25, 0.3) is 0 Å². The van der Waals surface area contributed by atoms with Gasteiger partial charge in [0.05, 0.1) is 6.10 Å². The monoisotopic (exact) mass is 372 g/mol. The molecule has 1 aliphatic carbocycles. The Balaban J connectivity index is 2.40. The lowest BCUT2D eigenvalue weighted by molar-refractivity contribution is -0.137. The summed E-state index contributed by atoms with van der Waals surface area (Å²) in [7, 11) is 0. The second-order valence-corrected chi connectivity index (χ2v) is 7.12. The summed E-state index contributed by atoms with van der Waals surface area (Å²) in [6.45, 7) is 0. The van der Waals surface area contributed by atoms with Crippen LogP contribution in [0.25, 0.3) is 0 Å². The molecule has 0 aliphatic heterocycles. The van der Waals surface area contributed by atoms with Crippen LogP contribution in [0.5, 0.6) is 0 Å². The summed E-state index contributed by atoms with van der Waals surface area (Å²) in [6, 6.07) is 0. The zero-order chi connectivity index (χ0) is 18.7. The van der Waals surface area contributed by atoms with Gasteiger partial charge in [0.2, 0.25) is 0 Å². The van der Waals surface area contributed by atoms with Crippen LogP contribution in [0.1, 0.15) is 64.2 Å². The average Bonchev–Trinajstić information content (AvgIpc) is 2.82. The van der Waals surface area contributed by atoms with Crippen molar-refractivity contribution < 1.29 is 24.6 Å². The molecular weight excluding hydrogens is 344 g/mol. The Labute approximate surface area is 154 Å². The van der Waals surface area contributed by atoms with Crippen molar-refractivity contribution in [1.29, 1.82) is 0 Å². The molecule has 3 atom stereocenters. The van der Waals surface area contributed by atoms with Crippen LogP contribution in [-0.4, -0.2) is 39.7 Å². The topological polar surface area (TPSA) is 91.7 Å². The van der Waals surface area contributed by atoms with Crippen molar-refractivity contribution in [3.05, 3.63) is 12.2 Å². The van der Waals surface area contributed by atoms with Crippen molar-refractivity contribution in [1.82, 2.24) is 0 Å². The molecule has 1 rings (SSSR count). The first-order chi connectivity index (χ1) is 12.0. The van der Waals surface area contributed by atoms with Gasteiger partial charge in [-0.25, -0.2) is 0 Å². The van der Waals surface area contributed by atoms with Gasteiger partial charge >= 0.3 is 5.97 Å². The van der Waals surface area contributed by atoms with Crippen molar-refractivity contribution in [2.75, 3.05) is 5.88 Å². The third-order valence-corrected chi connectivity index (χ3v) is 4.97. The molecule has 0 heterocycles. The lowest BCUT2D eigenvalue weighted by Gasteiger charge is -2.17. The summed E-state index contributed by atoms with van der Waals surface area (Å²) >= 11 is 5.59. The van der Waals surface area contributed by atoms with Crippen molar-refractivity contribution in [2.24, 2.45) is 11.8 Å². The molecule has 1 fully saturated rings. The summed E-state index contributed by atoms with van der Waals surface area (Å²) in [5.74, 6) is -0.701. The third kappa shape index (κ3) is 8.63. The highest BCUT2D eigenvalue weighted by Gasteiger charge is 2.39. The maximum absolute atomic E-state index is 12.1. The summed E-state index contributed by atoms with van der Waals surface area (Å²) in [4.78, 5) is 34.4. The molecule has 0 aromatic carbocycles. The molecule has 0 bridgehead atoms. The second-order valence-electron chi connectivity index (χ2n) is 6.74. The number of allylic oxidation sites excluding steroid dienone is 1. The molecule has 5 nitrogen and oxygen atoms in total. The molecule has 0 aromatic rings. The number of rotatable bonds is 13. The molecule has 0 unspecified atom stereocenters. The van der Waals surface area contributed by atoms with Gasteiger partial charge in [-0.2, -0.15) is 0 Å². The number of unbranched alkanes of at least 4 members (excludes halogenated alkanes) is 4. The Hall–Kier alpha value is -1.20. The van der Waals surface area contributed by atoms with E-state index in [1.54, 1.807) is 6.08 Å². The van der Waals surface area contributed by atoms with Gasteiger partial charge in [0, 0.05) is 37.0 Å². The first-order valence-corrected chi connectivity index (χ1v) is 9.68. The van der Waals surface area contributed by atoms with Gasteiger partial charge in [-0.3, -0.25) is 14.4 Å². The molecule has 6 heteroatoms. The second kappa shape index (κ2) is 12.2. The number of ketones is 2. The van der Waals surface area contributed by atoms with E-state index in [9.17, 15) is 19.5 Å². The highest BCUT2D eigenvalue weighted by molar-refractivity contribution is 6.17. The van der Waals surface area contributed by atoms with E-state index in [1.807, 2.05) is 0 Å². The number of halogens is 1. The van der Waals surface area contributed by atoms with E-state index in [4.69, 9.17) is 16.7 Å². The fraction of sp³-hybridized carbons (Fsp3) is 0.737. The van der Waals surface area contributed by atoms with Crippen molar-refractivity contribution >= 4 is 29.1 Å². The molecule has 0 aromatic heterocycles. The molecule has 0 spiro atoms. The molecule has 2 N–H and O–H groups in total. The van der Waals surface area contributed by atoms with E-state index in [0.717, 1.165) is 32.1 Å². The molecule has 0 amide bonds. The molecule has 1 aliphatic rings. The van der Waals surface area contributed by atoms with Crippen LogP contribution in [0.4, 0.5) is 0 Å². The predicted octanol–water partition coefficient (Wildman–Crippen LogP) is 3.51. The van der Waals surface area contributed by atoms with Gasteiger partial charge in [0.15, 0.2) is 5.78 Å². The van der Waals surface area contributed by atoms with Crippen LogP contribution in [0.2, 0.25) is 0 Å². The number of Topliss-reactive ketones (excluding diaryl/α,β-unsaturated/α-hetero) is 1. The minimum absolute atomic E-state index is 0.00378. The Kier molecular flexibility index (Phi) is 10.7. The van der Waals surface area contributed by atoms with E-state index in [-0.39, 0.29) is 36.2 Å². The van der Waals surface area contributed by atoms with Gasteiger partial charge in [-0.15, -0.1) is 11.6 Å². The van der Waals surface area contributed by atoms with Crippen LogP contribution < -0.4 is 0 Å². The number of aliphatic hydroxyl groups excluding tert-OH is 1. The highest BCUT2D eigenvalue weighted by Crippen LogP contribution is 2.34. The normalized spacial score (nSPS) is 23.4. The van der Waals surface area contributed by atoms with Crippen molar-refractivity contribution in [3.63, 3.8) is 0 Å². The standard InChI is InChI=1S/C19H29ClO5/c20-12-6-5-7-14(21)10-11-16-15(17(22)13-18(16)23)8-3-1-2-4-9-19(24)25/h10-11,15-16,18,23H,1-9,12-13H2,(H,24,25)/t15-,16+,18-/m1/s1. The van der Waals surface area contributed by atoms with E-state index < -0.39 is 12.1 Å². The van der Waals surface area contributed by atoms with Gasteiger partial charge in [0.1, 0.15) is 5.78 Å². The van der Waals surface area contributed by atoms with Crippen LogP contribution in [0, 0.1) is 11.8 Å². The molecule has 142 valence electrons. The Morgan fingerprint density at radius 2 is 1.76 bits per heavy atom. The number of aliphatic hydroxyl groups is 1. The quantitative estimate of drug-likeness (QED) is 0.293. The van der Waals surface area contributed by atoms with Crippen LogP contribution in [-0.2, 0) is 14.4 Å². The zero-order valence-electron chi connectivity index (χ0n) is 14.7. The Morgan fingerprint density at radius 1 is 1.08 bits per heavy atom. The number of carbonyl (C=O) groups excluding carboxylic acids is 2. The SMILES string of the molecule is O=C(O)CCCCCC[C@H]1C(=O)C[C@@H](O)[C@H]1C=CC(=O)CCCCCl. The van der Waals surface area contributed by atoms with Crippen LogP contribution in [0.15, 0.2) is 12.2 Å². The number of hydrogen-bond acceptors (Lipinski definition) is 4. The van der Waals surface area contributed by atoms with Gasteiger partial charge in [-0.1, -0.05) is 25.3 Å². The van der Waals surface area contributed by atoms with Crippen molar-refractivity contribution in [3.8, 4) is 0 Å². The number of aliphatic carboxylic acids is 1. The molecule has 25 heavy (non-hydrogen) atoms. The van der Waals surface area contributed by atoms with E-state index >= 15 is 0 Å². The fourth-order valence-corrected chi connectivity index (χ4v) is 3.47. The first kappa shape index (κ1) is 21.8. The number of carboxylic acid groups (broad SMARTS) is 1. The number of carbonyl (C=O) groups is 3. The number of alkyl halides is 1. The smallest absolute Gasteiger partial charge is 0.303 e. The Morgan fingerprint density at radius 3 is 2.44 bits per heavy atom. The Bertz CT molecular complexity index is 474. The summed E-state index contributed by atoms with van der Waals surface area (Å²) in [5, 5.41) is 18.7. The minimum atomic E-state index is -0.782. The number of carboxylic acids is 1. The van der Waals surface area contributed by atoms with E-state index in [0.29, 0.717) is 25.1 Å². The summed E-state index contributed by atoms with van der Waals surface area (Å²) in [6.07, 6.45) is 8.67. The van der Waals surface area contributed by atoms with Crippen LogP contribution >= 0.6 is 11.6 Å². The third-order valence-electron chi connectivity index (χ3n) is 4.70. The fourth-order valence-electron chi connectivity index (χ4n) is 3.28. The average molecular weight is 373 g/mol. The summed E-state index contributed by atoms with van der Waals surface area (Å²) < 4.78 is 0. The highest BCUT2D eigenvalue weighted by atomic mass is 35.5. The maximum Gasteiger partial charge on any atom is 0.303 e. The van der Waals surface area contributed by atoms with Gasteiger partial charge < -0.3 is 10.2 Å². The van der Waals surface area contributed by atoms with Crippen molar-refractivity contribution in [2.45, 2.75) is 70.3 Å². The zero-order valence-corrected chi connectivity index (χ0v) is 15.4. The largest absolute Gasteiger partial charge is 0.481 e. The maximum atomic E-state index is 12.1. The predicted molar refractivity (Wildman–Crippen MR) is 96.7 cm³/mol. The lowest BCUT2D eigenvalue weighted by atomic mass is 9.88. The summed E-state index contributed by atoms with van der Waals surface area (Å²) in [5.41, 5.74) is 0. The lowest BCUT2D eigenvalue weighted by Crippen LogP contribution is -2.19. The number of hydrogen-bond donors (Lipinski definition) is 2. The van der Waals surface area contributed by atoms with Gasteiger partial charge in [-0.05, 0) is 31.8 Å². The molecular formula is C19H29ClO5. The van der Waals surface area contributed by atoms with E-state index in [2.05, 4.69) is 0 Å².